The van der Waals surface area contributed by atoms with Gasteiger partial charge in [-0.15, -0.1) is 0 Å². The Kier molecular flexibility index (Phi) is 7.74. The molecule has 0 fully saturated rings. The highest BCUT2D eigenvalue weighted by atomic mass is 19.2. The van der Waals surface area contributed by atoms with Crippen molar-refractivity contribution in [3.63, 3.8) is 0 Å². The maximum atomic E-state index is 14.7. The molecule has 0 heterocycles. The van der Waals surface area contributed by atoms with Crippen molar-refractivity contribution in [2.24, 2.45) is 0 Å². The molecule has 3 heteroatoms. The van der Waals surface area contributed by atoms with Gasteiger partial charge in [0.25, 0.3) is 0 Å². The summed E-state index contributed by atoms with van der Waals surface area (Å²) in [5, 5.41) is 13.3. The Labute approximate surface area is 333 Å². The second kappa shape index (κ2) is 13.2. The highest BCUT2D eigenvalue weighted by molar-refractivity contribution is 6.25. The Morgan fingerprint density at radius 3 is 1.43 bits per heavy atom. The van der Waals surface area contributed by atoms with E-state index < -0.39 is 17.5 Å². The van der Waals surface area contributed by atoms with Gasteiger partial charge in [0.1, 0.15) is 0 Å². The molecule has 0 radical (unpaired) electrons. The van der Waals surface area contributed by atoms with E-state index in [1.807, 2.05) is 18.2 Å². The SMILES string of the molecule is Cc1ccc(-c2cc(-c3cc4ccccc4c4ccccc34)c3cc4cc(-c5cc(F)c(F)c(F)c5)ccc4c(-c4cc5ccccc5c5ccccc45)c3c2)cc1. The molecule has 11 aromatic rings. The predicted molar refractivity (Wildman–Crippen MR) is 238 cm³/mol. The van der Waals surface area contributed by atoms with Crippen LogP contribution in [0.15, 0.2) is 182 Å². The summed E-state index contributed by atoms with van der Waals surface area (Å²) < 4.78 is 43.5. The first-order valence-electron chi connectivity index (χ1n) is 19.5. The third-order valence-electron chi connectivity index (χ3n) is 11.9. The van der Waals surface area contributed by atoms with Crippen LogP contribution in [0.1, 0.15) is 5.56 Å². The zero-order valence-corrected chi connectivity index (χ0v) is 31.5. The summed E-state index contributed by atoms with van der Waals surface area (Å²) in [6.45, 7) is 2.11. The third kappa shape index (κ3) is 5.38. The van der Waals surface area contributed by atoms with Crippen LogP contribution < -0.4 is 0 Å². The van der Waals surface area contributed by atoms with Gasteiger partial charge in [-0.2, -0.15) is 0 Å². The lowest BCUT2D eigenvalue weighted by Crippen LogP contribution is -1.94. The van der Waals surface area contributed by atoms with E-state index >= 15 is 0 Å². The topological polar surface area (TPSA) is 0 Å². The molecule has 0 aromatic heterocycles. The summed E-state index contributed by atoms with van der Waals surface area (Å²) in [5.74, 6) is -3.91. The fourth-order valence-electron chi connectivity index (χ4n) is 9.09. The van der Waals surface area contributed by atoms with Crippen LogP contribution >= 0.6 is 0 Å². The summed E-state index contributed by atoms with van der Waals surface area (Å²) in [4.78, 5) is 0. The molecule has 0 saturated heterocycles. The number of benzene rings is 11. The van der Waals surface area contributed by atoms with Crippen LogP contribution in [0.5, 0.6) is 0 Å². The van der Waals surface area contributed by atoms with Gasteiger partial charge >= 0.3 is 0 Å². The lowest BCUT2D eigenvalue weighted by atomic mass is 9.82. The van der Waals surface area contributed by atoms with E-state index in [2.05, 4.69) is 159 Å². The number of hydrogen-bond donors (Lipinski definition) is 0. The zero-order valence-electron chi connectivity index (χ0n) is 31.5. The Morgan fingerprint density at radius 1 is 0.293 bits per heavy atom. The molecule has 0 aliphatic heterocycles. The summed E-state index contributed by atoms with van der Waals surface area (Å²) in [6, 6.07) is 62.4. The summed E-state index contributed by atoms with van der Waals surface area (Å²) in [6.07, 6.45) is 0. The van der Waals surface area contributed by atoms with Crippen molar-refractivity contribution < 1.29 is 13.2 Å². The van der Waals surface area contributed by atoms with Crippen molar-refractivity contribution >= 4 is 64.6 Å². The van der Waals surface area contributed by atoms with Gasteiger partial charge in [0, 0.05) is 0 Å². The average Bonchev–Trinajstić information content (AvgIpc) is 3.26. The lowest BCUT2D eigenvalue weighted by Gasteiger charge is -2.21. The molecule has 0 aliphatic carbocycles. The molecule has 58 heavy (non-hydrogen) atoms. The van der Waals surface area contributed by atoms with Crippen LogP contribution in [0.2, 0.25) is 0 Å². The third-order valence-corrected chi connectivity index (χ3v) is 11.9. The smallest absolute Gasteiger partial charge is 0.194 e. The Bertz CT molecular complexity index is 3470. The molecule has 0 spiro atoms. The highest BCUT2D eigenvalue weighted by Crippen LogP contribution is 2.48. The molecular formula is C55H33F3. The Balaban J connectivity index is 1.34. The zero-order chi connectivity index (χ0) is 39.1. The van der Waals surface area contributed by atoms with Crippen molar-refractivity contribution in [1.82, 2.24) is 0 Å². The normalized spacial score (nSPS) is 11.8. The van der Waals surface area contributed by atoms with E-state index in [1.165, 1.54) is 21.7 Å². The largest absolute Gasteiger partial charge is 0.204 e. The molecule has 0 unspecified atom stereocenters. The fraction of sp³-hybridized carbons (Fsp3) is 0.0182. The summed E-state index contributed by atoms with van der Waals surface area (Å²) >= 11 is 0. The van der Waals surface area contributed by atoms with E-state index in [0.717, 1.165) is 94.0 Å². The molecule has 0 bridgehead atoms. The van der Waals surface area contributed by atoms with Gasteiger partial charge in [0.15, 0.2) is 17.5 Å². The number of fused-ring (bicyclic) bond motifs is 8. The van der Waals surface area contributed by atoms with Crippen LogP contribution in [0.4, 0.5) is 13.2 Å². The lowest BCUT2D eigenvalue weighted by molar-refractivity contribution is 0.448. The van der Waals surface area contributed by atoms with Crippen LogP contribution in [0.3, 0.4) is 0 Å². The highest BCUT2D eigenvalue weighted by Gasteiger charge is 2.21. The van der Waals surface area contributed by atoms with Gasteiger partial charge in [0.05, 0.1) is 0 Å². The molecule has 11 aromatic carbocycles. The van der Waals surface area contributed by atoms with Crippen molar-refractivity contribution in [3.8, 4) is 44.5 Å². The number of aryl methyl sites for hydroxylation is 1. The van der Waals surface area contributed by atoms with Gasteiger partial charge in [-0.1, -0.05) is 139 Å². The van der Waals surface area contributed by atoms with Crippen LogP contribution in [0, 0.1) is 24.4 Å². The summed E-state index contributed by atoms with van der Waals surface area (Å²) in [7, 11) is 0. The average molecular weight is 751 g/mol. The predicted octanol–water partition coefficient (Wildman–Crippen LogP) is 16.0. The number of halogens is 3. The van der Waals surface area contributed by atoms with Crippen LogP contribution in [-0.2, 0) is 0 Å². The quantitative estimate of drug-likeness (QED) is 0.0955. The first-order chi connectivity index (χ1) is 28.4. The molecule has 0 nitrogen and oxygen atoms in total. The van der Waals surface area contributed by atoms with Crippen molar-refractivity contribution in [3.05, 3.63) is 205 Å². The van der Waals surface area contributed by atoms with Crippen molar-refractivity contribution in [2.75, 3.05) is 0 Å². The first-order valence-corrected chi connectivity index (χ1v) is 19.5. The van der Waals surface area contributed by atoms with E-state index in [9.17, 15) is 13.2 Å². The number of rotatable bonds is 4. The second-order valence-electron chi connectivity index (χ2n) is 15.3. The minimum atomic E-state index is -1.47. The molecule has 11 rings (SSSR count). The minimum absolute atomic E-state index is 0.270. The molecule has 0 aliphatic rings. The fourth-order valence-corrected chi connectivity index (χ4v) is 9.09. The van der Waals surface area contributed by atoms with E-state index in [-0.39, 0.29) is 5.56 Å². The molecule has 0 amide bonds. The maximum Gasteiger partial charge on any atom is 0.194 e. The van der Waals surface area contributed by atoms with E-state index in [0.29, 0.717) is 5.56 Å². The van der Waals surface area contributed by atoms with Gasteiger partial charge < -0.3 is 0 Å². The van der Waals surface area contributed by atoms with Crippen molar-refractivity contribution in [2.45, 2.75) is 6.92 Å². The van der Waals surface area contributed by atoms with Crippen LogP contribution in [-0.4, -0.2) is 0 Å². The first kappa shape index (κ1) is 34.1. The summed E-state index contributed by atoms with van der Waals surface area (Å²) in [5.41, 5.74) is 8.61. The maximum absolute atomic E-state index is 14.7. The minimum Gasteiger partial charge on any atom is -0.204 e. The van der Waals surface area contributed by atoms with E-state index in [1.54, 1.807) is 0 Å². The Morgan fingerprint density at radius 2 is 0.793 bits per heavy atom. The second-order valence-corrected chi connectivity index (χ2v) is 15.3. The molecule has 0 N–H and O–H groups in total. The van der Waals surface area contributed by atoms with Gasteiger partial charge in [0.2, 0.25) is 0 Å². The molecule has 0 atom stereocenters. The molecule has 274 valence electrons. The van der Waals surface area contributed by atoms with Gasteiger partial charge in [-0.3, -0.25) is 0 Å². The van der Waals surface area contributed by atoms with Gasteiger partial charge in [-0.05, 0) is 165 Å². The Hall–Kier alpha value is -7.23. The van der Waals surface area contributed by atoms with Crippen molar-refractivity contribution in [1.29, 1.82) is 0 Å². The van der Waals surface area contributed by atoms with E-state index in [4.69, 9.17) is 0 Å². The molecular weight excluding hydrogens is 718 g/mol. The monoisotopic (exact) mass is 750 g/mol. The van der Waals surface area contributed by atoms with Crippen LogP contribution in [0.25, 0.3) is 109 Å². The van der Waals surface area contributed by atoms with Gasteiger partial charge in [-0.25, -0.2) is 13.2 Å². The number of hydrogen-bond acceptors (Lipinski definition) is 0. The molecule has 0 saturated carbocycles. The standard InChI is InChI=1S/C55H33F3/c1-32-18-20-33(21-19-32)37-27-48(47-25-35-10-2-4-12-40(35)43-14-6-8-16-45(43)47)49-29-39-24-34(38-30-52(56)55(58)53(57)31-38)22-23-42(39)54(51(49)28-37)50-26-36-11-3-5-13-41(36)44-15-7-9-17-46(44)50/h2-31H,1H3.